The van der Waals surface area contributed by atoms with Crippen molar-refractivity contribution in [3.05, 3.63) is 5.38 Å². The minimum absolute atomic E-state index is 0.204. The van der Waals surface area contributed by atoms with Crippen LogP contribution in [-0.4, -0.2) is 26.8 Å². The zero-order valence-electron chi connectivity index (χ0n) is 3.85. The molecule has 1 rings (SSSR count). The lowest BCUT2D eigenvalue weighted by Gasteiger charge is -1.84. The van der Waals surface area contributed by atoms with Crippen LogP contribution in [0.15, 0.2) is 5.38 Å². The van der Waals surface area contributed by atoms with Crippen molar-refractivity contribution in [3.8, 4) is 0 Å². The van der Waals surface area contributed by atoms with Gasteiger partial charge in [0.2, 0.25) is 0 Å². The predicted molar refractivity (Wildman–Crippen MR) is 29.7 cm³/mol. The van der Waals surface area contributed by atoms with E-state index in [9.17, 15) is 0 Å². The molecule has 6 heteroatoms. The van der Waals surface area contributed by atoms with Crippen LogP contribution in [0.2, 0.25) is 0 Å². The van der Waals surface area contributed by atoms with Gasteiger partial charge >= 0.3 is 7.12 Å². The molecular formula is C2H3BN2O2S. The minimum Gasteiger partial charge on any atom is -0.422 e. The van der Waals surface area contributed by atoms with Gasteiger partial charge in [0.1, 0.15) is 5.59 Å². The molecule has 0 atom stereocenters. The Labute approximate surface area is 50.1 Å². The average Bonchev–Trinajstić information content (AvgIpc) is 2.12. The molecule has 0 saturated carbocycles. The molecule has 0 amide bonds. The highest BCUT2D eigenvalue weighted by Gasteiger charge is 2.12. The Balaban J connectivity index is 2.77. The van der Waals surface area contributed by atoms with E-state index in [0.29, 0.717) is 0 Å². The van der Waals surface area contributed by atoms with Gasteiger partial charge in [-0.3, -0.25) is 0 Å². The van der Waals surface area contributed by atoms with Crippen LogP contribution in [0.25, 0.3) is 0 Å². The highest BCUT2D eigenvalue weighted by Crippen LogP contribution is 1.80. The number of hydrogen-bond donors (Lipinski definition) is 2. The smallest absolute Gasteiger partial charge is 0.422 e. The van der Waals surface area contributed by atoms with Gasteiger partial charge in [0.25, 0.3) is 0 Å². The zero-order valence-corrected chi connectivity index (χ0v) is 4.67. The van der Waals surface area contributed by atoms with Gasteiger partial charge in [-0.05, 0) is 11.5 Å². The third-order valence-corrected chi connectivity index (χ3v) is 1.16. The summed E-state index contributed by atoms with van der Waals surface area (Å²) in [7, 11) is -1.48. The Morgan fingerprint density at radius 2 is 2.38 bits per heavy atom. The molecule has 1 heterocycles. The molecule has 2 N–H and O–H groups in total. The molecule has 0 aliphatic rings. The van der Waals surface area contributed by atoms with E-state index in [1.165, 1.54) is 5.38 Å². The Morgan fingerprint density at radius 1 is 1.62 bits per heavy atom. The lowest BCUT2D eigenvalue weighted by atomic mass is 9.88. The summed E-state index contributed by atoms with van der Waals surface area (Å²) < 4.78 is 3.42. The molecule has 0 unspecified atom stereocenters. The fourth-order valence-electron chi connectivity index (χ4n) is 0.284. The van der Waals surface area contributed by atoms with Crippen LogP contribution in [-0.2, 0) is 0 Å². The van der Waals surface area contributed by atoms with Crippen molar-refractivity contribution < 1.29 is 10.0 Å². The van der Waals surface area contributed by atoms with Crippen molar-refractivity contribution >= 4 is 24.2 Å². The van der Waals surface area contributed by atoms with Crippen LogP contribution in [0.1, 0.15) is 0 Å². The number of hydrogen-bond acceptors (Lipinski definition) is 5. The van der Waals surface area contributed by atoms with Gasteiger partial charge in [0, 0.05) is 5.38 Å². The van der Waals surface area contributed by atoms with Gasteiger partial charge in [0.05, 0.1) is 0 Å². The van der Waals surface area contributed by atoms with Crippen molar-refractivity contribution in [2.24, 2.45) is 0 Å². The Bertz CT molecular complexity index is 153. The maximum atomic E-state index is 8.37. The van der Waals surface area contributed by atoms with Crippen molar-refractivity contribution in [1.82, 2.24) is 9.59 Å². The Kier molecular flexibility index (Phi) is 1.57. The Hall–Kier alpha value is -0.455. The summed E-state index contributed by atoms with van der Waals surface area (Å²) in [5.74, 6) is 0. The molecule has 0 radical (unpaired) electrons. The fraction of sp³-hybridized carbons (Fsp3) is 0. The predicted octanol–water partition coefficient (Wildman–Crippen LogP) is -1.78. The van der Waals surface area contributed by atoms with Crippen LogP contribution >= 0.6 is 11.5 Å². The van der Waals surface area contributed by atoms with Crippen LogP contribution in [0.3, 0.4) is 0 Å². The second-order valence-electron chi connectivity index (χ2n) is 1.20. The van der Waals surface area contributed by atoms with E-state index in [1.54, 1.807) is 0 Å². The van der Waals surface area contributed by atoms with Gasteiger partial charge < -0.3 is 10.0 Å². The number of rotatable bonds is 1. The molecule has 0 spiro atoms. The monoisotopic (exact) mass is 130 g/mol. The third-order valence-electron chi connectivity index (χ3n) is 0.641. The third kappa shape index (κ3) is 1.03. The van der Waals surface area contributed by atoms with E-state index < -0.39 is 7.12 Å². The van der Waals surface area contributed by atoms with E-state index >= 15 is 0 Å². The largest absolute Gasteiger partial charge is 0.511 e. The first-order valence-electron chi connectivity index (χ1n) is 1.94. The molecule has 0 saturated heterocycles. The fourth-order valence-corrected chi connectivity index (χ4v) is 0.750. The molecule has 0 aliphatic carbocycles. The molecule has 0 fully saturated rings. The van der Waals surface area contributed by atoms with Gasteiger partial charge in [-0.15, -0.1) is 5.10 Å². The molecule has 8 heavy (non-hydrogen) atoms. The van der Waals surface area contributed by atoms with E-state index in [4.69, 9.17) is 10.0 Å². The van der Waals surface area contributed by atoms with E-state index in [1.807, 2.05) is 0 Å². The second kappa shape index (κ2) is 2.21. The molecule has 0 bridgehead atoms. The van der Waals surface area contributed by atoms with Crippen LogP contribution < -0.4 is 5.59 Å². The molecule has 1 aromatic heterocycles. The van der Waals surface area contributed by atoms with E-state index in [-0.39, 0.29) is 5.59 Å². The molecule has 42 valence electrons. The summed E-state index contributed by atoms with van der Waals surface area (Å²) in [5.41, 5.74) is 0.204. The summed E-state index contributed by atoms with van der Waals surface area (Å²) >= 11 is 1.09. The summed E-state index contributed by atoms with van der Waals surface area (Å²) in [6, 6.07) is 0. The van der Waals surface area contributed by atoms with Crippen molar-refractivity contribution in [1.29, 1.82) is 0 Å². The Morgan fingerprint density at radius 3 is 2.62 bits per heavy atom. The average molecular weight is 130 g/mol. The first-order chi connectivity index (χ1) is 3.80. The standard InChI is InChI=1S/C2H3BN2O2S/c6-3(7)2-1-8-5-4-2/h1,6-7H. The van der Waals surface area contributed by atoms with Gasteiger partial charge in [-0.2, -0.15) is 0 Å². The summed E-state index contributed by atoms with van der Waals surface area (Å²) in [6.07, 6.45) is 0. The number of nitrogens with zero attached hydrogens (tertiary/aromatic N) is 2. The molecule has 1 aromatic rings. The minimum atomic E-state index is -1.48. The van der Waals surface area contributed by atoms with Gasteiger partial charge in [-0.25, -0.2) is 0 Å². The van der Waals surface area contributed by atoms with Crippen molar-refractivity contribution in [2.45, 2.75) is 0 Å². The highest BCUT2D eigenvalue weighted by atomic mass is 32.1. The van der Waals surface area contributed by atoms with Crippen molar-refractivity contribution in [3.63, 3.8) is 0 Å². The molecule has 0 aliphatic heterocycles. The lowest BCUT2D eigenvalue weighted by molar-refractivity contribution is 0.424. The summed E-state index contributed by atoms with van der Waals surface area (Å²) in [6.45, 7) is 0. The highest BCUT2D eigenvalue weighted by molar-refractivity contribution is 7.04. The first-order valence-corrected chi connectivity index (χ1v) is 2.77. The number of aromatic nitrogens is 2. The SMILES string of the molecule is OB(O)c1csnn1. The summed E-state index contributed by atoms with van der Waals surface area (Å²) in [5, 5.41) is 21.6. The second-order valence-corrected chi connectivity index (χ2v) is 1.81. The van der Waals surface area contributed by atoms with Crippen molar-refractivity contribution in [2.75, 3.05) is 0 Å². The topological polar surface area (TPSA) is 66.2 Å². The first kappa shape index (κ1) is 5.68. The maximum absolute atomic E-state index is 8.37. The normalized spacial score (nSPS) is 9.25. The van der Waals surface area contributed by atoms with Gasteiger partial charge in [-0.1, -0.05) is 4.49 Å². The van der Waals surface area contributed by atoms with E-state index in [0.717, 1.165) is 11.5 Å². The lowest BCUT2D eigenvalue weighted by Crippen LogP contribution is -2.30. The van der Waals surface area contributed by atoms with Gasteiger partial charge in [0.15, 0.2) is 0 Å². The van der Waals surface area contributed by atoms with Crippen LogP contribution in [0.5, 0.6) is 0 Å². The van der Waals surface area contributed by atoms with Crippen LogP contribution in [0.4, 0.5) is 0 Å². The van der Waals surface area contributed by atoms with Crippen LogP contribution in [0, 0.1) is 0 Å². The quantitative estimate of drug-likeness (QED) is 0.441. The molecular weight excluding hydrogens is 127 g/mol. The molecule has 4 nitrogen and oxygen atoms in total. The summed E-state index contributed by atoms with van der Waals surface area (Å²) in [4.78, 5) is 0. The zero-order chi connectivity index (χ0) is 5.98. The molecule has 0 aromatic carbocycles. The van der Waals surface area contributed by atoms with E-state index in [2.05, 4.69) is 9.59 Å². The maximum Gasteiger partial charge on any atom is 0.511 e.